The highest BCUT2D eigenvalue weighted by Gasteiger charge is 2.35. The minimum Gasteiger partial charge on any atom is -0.350 e. The SMILES string of the molecule is CCN(CC)CC(=O)N[C@@H]1CC(=O)N(Cc2ccccc2C(F)(F)F)C1. The molecule has 1 atom stereocenters. The van der Waals surface area contributed by atoms with Gasteiger partial charge in [-0.05, 0) is 24.7 Å². The Morgan fingerprint density at radius 3 is 2.54 bits per heavy atom. The third-order valence-corrected chi connectivity index (χ3v) is 4.53. The summed E-state index contributed by atoms with van der Waals surface area (Å²) in [6.45, 7) is 5.74. The highest BCUT2D eigenvalue weighted by molar-refractivity contribution is 5.83. The molecule has 1 saturated heterocycles. The van der Waals surface area contributed by atoms with Crippen LogP contribution in [0, 0.1) is 0 Å². The van der Waals surface area contributed by atoms with Crippen molar-refractivity contribution in [1.82, 2.24) is 15.1 Å². The van der Waals surface area contributed by atoms with Crippen LogP contribution in [0.4, 0.5) is 13.2 Å². The van der Waals surface area contributed by atoms with Crippen molar-refractivity contribution in [2.24, 2.45) is 0 Å². The summed E-state index contributed by atoms with van der Waals surface area (Å²) in [6, 6.07) is 4.87. The zero-order valence-electron chi connectivity index (χ0n) is 15.0. The molecule has 1 N–H and O–H groups in total. The number of amides is 2. The van der Waals surface area contributed by atoms with E-state index in [2.05, 4.69) is 5.32 Å². The Labute approximate surface area is 151 Å². The van der Waals surface area contributed by atoms with Crippen LogP contribution in [0.2, 0.25) is 0 Å². The van der Waals surface area contributed by atoms with E-state index in [4.69, 9.17) is 0 Å². The second kappa shape index (κ2) is 8.53. The van der Waals surface area contributed by atoms with Gasteiger partial charge in [-0.25, -0.2) is 0 Å². The highest BCUT2D eigenvalue weighted by Crippen LogP contribution is 2.32. The highest BCUT2D eigenvalue weighted by atomic mass is 19.4. The van der Waals surface area contributed by atoms with Crippen LogP contribution < -0.4 is 5.32 Å². The monoisotopic (exact) mass is 371 g/mol. The van der Waals surface area contributed by atoms with Crippen LogP contribution in [-0.2, 0) is 22.3 Å². The largest absolute Gasteiger partial charge is 0.416 e. The molecule has 8 heteroatoms. The van der Waals surface area contributed by atoms with Crippen molar-refractivity contribution in [2.75, 3.05) is 26.2 Å². The maximum absolute atomic E-state index is 13.1. The fourth-order valence-electron chi connectivity index (χ4n) is 3.09. The fraction of sp³-hybridized carbons (Fsp3) is 0.556. The minimum absolute atomic E-state index is 0.0588. The van der Waals surface area contributed by atoms with E-state index >= 15 is 0 Å². The molecule has 0 aliphatic carbocycles. The lowest BCUT2D eigenvalue weighted by atomic mass is 10.1. The Morgan fingerprint density at radius 1 is 1.27 bits per heavy atom. The van der Waals surface area contributed by atoms with E-state index in [9.17, 15) is 22.8 Å². The average Bonchev–Trinajstić information content (AvgIpc) is 2.91. The summed E-state index contributed by atoms with van der Waals surface area (Å²) >= 11 is 0. The molecule has 0 spiro atoms. The van der Waals surface area contributed by atoms with E-state index in [-0.39, 0.29) is 49.5 Å². The molecular formula is C18H24F3N3O2. The number of likely N-dealkylation sites (tertiary alicyclic amines) is 1. The van der Waals surface area contributed by atoms with Gasteiger partial charge >= 0.3 is 6.18 Å². The first-order chi connectivity index (χ1) is 12.2. The molecule has 26 heavy (non-hydrogen) atoms. The van der Waals surface area contributed by atoms with E-state index in [1.807, 2.05) is 18.7 Å². The Bertz CT molecular complexity index is 645. The van der Waals surface area contributed by atoms with Gasteiger partial charge in [0.05, 0.1) is 18.2 Å². The molecular weight excluding hydrogens is 347 g/mol. The molecule has 1 aromatic rings. The maximum Gasteiger partial charge on any atom is 0.416 e. The standard InChI is InChI=1S/C18H24F3N3O2/c1-3-23(4-2)12-16(25)22-14-9-17(26)24(11-14)10-13-7-5-6-8-15(13)18(19,20)21/h5-8,14H,3-4,9-12H2,1-2H3,(H,22,25)/t14-/m1/s1. The summed E-state index contributed by atoms with van der Waals surface area (Å²) in [7, 11) is 0. The molecule has 0 radical (unpaired) electrons. The van der Waals surface area contributed by atoms with Crippen LogP contribution in [-0.4, -0.2) is 53.8 Å². The van der Waals surface area contributed by atoms with Crippen LogP contribution in [0.25, 0.3) is 0 Å². The van der Waals surface area contributed by atoms with Crippen molar-refractivity contribution in [2.45, 2.75) is 39.0 Å². The summed E-state index contributed by atoms with van der Waals surface area (Å²) in [5.74, 6) is -0.431. The molecule has 1 heterocycles. The van der Waals surface area contributed by atoms with E-state index in [0.717, 1.165) is 19.2 Å². The van der Waals surface area contributed by atoms with Crippen molar-refractivity contribution >= 4 is 11.8 Å². The molecule has 0 aromatic heterocycles. The number of rotatable bonds is 7. The smallest absolute Gasteiger partial charge is 0.350 e. The quantitative estimate of drug-likeness (QED) is 0.800. The van der Waals surface area contributed by atoms with Gasteiger partial charge in [-0.15, -0.1) is 0 Å². The number of alkyl halides is 3. The van der Waals surface area contributed by atoms with Crippen LogP contribution in [0.3, 0.4) is 0 Å². The molecule has 0 unspecified atom stereocenters. The molecule has 144 valence electrons. The second-order valence-electron chi connectivity index (χ2n) is 6.36. The van der Waals surface area contributed by atoms with Gasteiger partial charge in [-0.2, -0.15) is 13.2 Å². The average molecular weight is 371 g/mol. The van der Waals surface area contributed by atoms with Crippen molar-refractivity contribution in [3.8, 4) is 0 Å². The predicted molar refractivity (Wildman–Crippen MR) is 91.2 cm³/mol. The number of benzene rings is 1. The lowest BCUT2D eigenvalue weighted by Gasteiger charge is -2.21. The van der Waals surface area contributed by atoms with Crippen LogP contribution >= 0.6 is 0 Å². The maximum atomic E-state index is 13.1. The third kappa shape index (κ3) is 5.20. The molecule has 1 aliphatic heterocycles. The van der Waals surface area contributed by atoms with Gasteiger partial charge < -0.3 is 10.2 Å². The van der Waals surface area contributed by atoms with E-state index < -0.39 is 11.7 Å². The van der Waals surface area contributed by atoms with E-state index in [1.165, 1.54) is 23.1 Å². The lowest BCUT2D eigenvalue weighted by molar-refractivity contribution is -0.139. The van der Waals surface area contributed by atoms with Crippen LogP contribution in [0.15, 0.2) is 24.3 Å². The number of nitrogens with zero attached hydrogens (tertiary/aromatic N) is 2. The molecule has 0 saturated carbocycles. The van der Waals surface area contributed by atoms with Gasteiger partial charge in [0.15, 0.2) is 0 Å². The molecule has 1 aliphatic rings. The normalized spacial score (nSPS) is 17.8. The van der Waals surface area contributed by atoms with E-state index in [1.54, 1.807) is 0 Å². The number of carbonyl (C=O) groups is 2. The van der Waals surface area contributed by atoms with Gasteiger partial charge in [0.2, 0.25) is 11.8 Å². The van der Waals surface area contributed by atoms with Gasteiger partial charge in [0.1, 0.15) is 0 Å². The van der Waals surface area contributed by atoms with Gasteiger partial charge in [-0.1, -0.05) is 32.0 Å². The van der Waals surface area contributed by atoms with Crippen molar-refractivity contribution < 1.29 is 22.8 Å². The number of carbonyl (C=O) groups excluding carboxylic acids is 2. The third-order valence-electron chi connectivity index (χ3n) is 4.53. The van der Waals surface area contributed by atoms with Gasteiger partial charge in [-0.3, -0.25) is 14.5 Å². The van der Waals surface area contributed by atoms with Gasteiger partial charge in [0.25, 0.3) is 0 Å². The summed E-state index contributed by atoms with van der Waals surface area (Å²) in [4.78, 5) is 27.5. The molecule has 5 nitrogen and oxygen atoms in total. The van der Waals surface area contributed by atoms with Crippen molar-refractivity contribution in [3.63, 3.8) is 0 Å². The number of hydrogen-bond acceptors (Lipinski definition) is 3. The lowest BCUT2D eigenvalue weighted by Crippen LogP contribution is -2.43. The summed E-state index contributed by atoms with van der Waals surface area (Å²) in [5, 5.41) is 2.80. The molecule has 2 rings (SSSR count). The number of nitrogens with one attached hydrogen (secondary N) is 1. The predicted octanol–water partition coefficient (Wildman–Crippen LogP) is 2.26. The summed E-state index contributed by atoms with van der Waals surface area (Å²) in [5.41, 5.74) is -0.676. The van der Waals surface area contributed by atoms with Crippen LogP contribution in [0.1, 0.15) is 31.4 Å². The topological polar surface area (TPSA) is 52.7 Å². The van der Waals surface area contributed by atoms with E-state index in [0.29, 0.717) is 0 Å². The second-order valence-corrected chi connectivity index (χ2v) is 6.36. The fourth-order valence-corrected chi connectivity index (χ4v) is 3.09. The number of likely N-dealkylation sites (N-methyl/N-ethyl adjacent to an activating group) is 1. The zero-order valence-corrected chi connectivity index (χ0v) is 15.0. The summed E-state index contributed by atoms with van der Waals surface area (Å²) in [6.07, 6.45) is -4.35. The first kappa shape index (κ1) is 20.2. The number of hydrogen-bond donors (Lipinski definition) is 1. The summed E-state index contributed by atoms with van der Waals surface area (Å²) < 4.78 is 39.3. The van der Waals surface area contributed by atoms with Crippen molar-refractivity contribution in [3.05, 3.63) is 35.4 Å². The molecule has 0 bridgehead atoms. The first-order valence-corrected chi connectivity index (χ1v) is 8.69. The Hall–Kier alpha value is -2.09. The molecule has 1 fully saturated rings. The van der Waals surface area contributed by atoms with Crippen LogP contribution in [0.5, 0.6) is 0 Å². The number of halogens is 3. The van der Waals surface area contributed by atoms with Gasteiger partial charge in [0, 0.05) is 19.5 Å². The van der Waals surface area contributed by atoms with Crippen molar-refractivity contribution in [1.29, 1.82) is 0 Å². The molecule has 1 aromatic carbocycles. The zero-order chi connectivity index (χ0) is 19.3. The first-order valence-electron chi connectivity index (χ1n) is 8.69. The molecule has 2 amide bonds. The Balaban J connectivity index is 1.98. The Morgan fingerprint density at radius 2 is 1.92 bits per heavy atom. The minimum atomic E-state index is -4.46. The Kier molecular flexibility index (Phi) is 6.63.